The van der Waals surface area contributed by atoms with Gasteiger partial charge in [-0.3, -0.25) is 9.69 Å². The van der Waals surface area contributed by atoms with Crippen molar-refractivity contribution in [2.45, 2.75) is 12.6 Å². The topological polar surface area (TPSA) is 41.6 Å². The first kappa shape index (κ1) is 18.4. The van der Waals surface area contributed by atoms with Crippen molar-refractivity contribution >= 4 is 38.9 Å². The van der Waals surface area contributed by atoms with Crippen LogP contribution in [0.3, 0.4) is 0 Å². The van der Waals surface area contributed by atoms with Crippen LogP contribution in [0.1, 0.15) is 26.9 Å². The number of benzene rings is 2. The predicted octanol–water partition coefficient (Wildman–Crippen LogP) is 4.49. The average Bonchev–Trinajstić information content (AvgIpc) is 3.07. The molecule has 27 heavy (non-hydrogen) atoms. The van der Waals surface area contributed by atoms with Crippen LogP contribution in [0.15, 0.2) is 48.5 Å². The Kier molecular flexibility index (Phi) is 5.45. The minimum Gasteiger partial charge on any atom is -0.371 e. The first-order valence-electron chi connectivity index (χ1n) is 8.97. The van der Waals surface area contributed by atoms with Crippen LogP contribution in [-0.4, -0.2) is 37.6 Å². The number of morpholine rings is 1. The van der Waals surface area contributed by atoms with Crippen LogP contribution in [0.25, 0.3) is 10.1 Å². The number of halogens is 1. The van der Waals surface area contributed by atoms with Crippen molar-refractivity contribution < 1.29 is 9.53 Å². The van der Waals surface area contributed by atoms with Gasteiger partial charge < -0.3 is 10.1 Å². The van der Waals surface area contributed by atoms with Crippen molar-refractivity contribution in [2.75, 3.05) is 26.7 Å². The minimum absolute atomic E-state index is 0.0539. The molecule has 1 fully saturated rings. The molecule has 2 aromatic carbocycles. The molecule has 1 atom stereocenters. The van der Waals surface area contributed by atoms with Gasteiger partial charge in [-0.1, -0.05) is 41.9 Å². The summed E-state index contributed by atoms with van der Waals surface area (Å²) in [5.41, 5.74) is 2.19. The number of fused-ring (bicyclic) bond motifs is 1. The van der Waals surface area contributed by atoms with Crippen molar-refractivity contribution in [1.29, 1.82) is 0 Å². The first-order valence-corrected chi connectivity index (χ1v) is 10.2. The lowest BCUT2D eigenvalue weighted by Gasteiger charge is -2.33. The molecule has 4 rings (SSSR count). The fourth-order valence-corrected chi connectivity index (χ4v) is 5.00. The summed E-state index contributed by atoms with van der Waals surface area (Å²) in [6, 6.07) is 16.1. The Morgan fingerprint density at radius 1 is 1.30 bits per heavy atom. The summed E-state index contributed by atoms with van der Waals surface area (Å²) in [6.07, 6.45) is -0.124. The quantitative estimate of drug-likeness (QED) is 0.701. The molecule has 1 aliphatic rings. The van der Waals surface area contributed by atoms with E-state index in [0.29, 0.717) is 6.61 Å². The predicted molar refractivity (Wildman–Crippen MR) is 111 cm³/mol. The summed E-state index contributed by atoms with van der Waals surface area (Å²) in [6.45, 7) is 3.07. The van der Waals surface area contributed by atoms with Gasteiger partial charge in [-0.15, -0.1) is 11.3 Å². The molecule has 2 heterocycles. The SMILES string of the molecule is CNC(=O)c1sc2ccccc2c1C1CN(Cc2cccc(Cl)c2)CCO1. The van der Waals surface area contributed by atoms with Gasteiger partial charge in [0.1, 0.15) is 0 Å². The van der Waals surface area contributed by atoms with Gasteiger partial charge in [-0.05, 0) is 29.1 Å². The second-order valence-corrected chi connectivity index (χ2v) is 8.13. The summed E-state index contributed by atoms with van der Waals surface area (Å²) in [5.74, 6) is -0.0539. The van der Waals surface area contributed by atoms with E-state index in [0.717, 1.165) is 45.2 Å². The van der Waals surface area contributed by atoms with Crippen LogP contribution in [-0.2, 0) is 11.3 Å². The van der Waals surface area contributed by atoms with Crippen LogP contribution in [0.4, 0.5) is 0 Å². The van der Waals surface area contributed by atoms with Gasteiger partial charge in [0.05, 0.1) is 17.6 Å². The van der Waals surface area contributed by atoms with Crippen LogP contribution >= 0.6 is 22.9 Å². The maximum atomic E-state index is 12.5. The van der Waals surface area contributed by atoms with E-state index in [1.54, 1.807) is 7.05 Å². The van der Waals surface area contributed by atoms with Gasteiger partial charge >= 0.3 is 0 Å². The highest BCUT2D eigenvalue weighted by atomic mass is 35.5. The molecule has 1 unspecified atom stereocenters. The molecule has 0 saturated carbocycles. The van der Waals surface area contributed by atoms with Crippen LogP contribution in [0.2, 0.25) is 5.02 Å². The molecule has 140 valence electrons. The molecule has 3 aromatic rings. The Labute approximate surface area is 167 Å². The van der Waals surface area contributed by atoms with Crippen molar-refractivity contribution in [3.05, 3.63) is 69.6 Å². The lowest BCUT2D eigenvalue weighted by Crippen LogP contribution is -2.38. The van der Waals surface area contributed by atoms with Crippen LogP contribution in [0.5, 0.6) is 0 Å². The lowest BCUT2D eigenvalue weighted by molar-refractivity contribution is -0.0323. The minimum atomic E-state index is -0.124. The number of hydrogen-bond donors (Lipinski definition) is 1. The maximum Gasteiger partial charge on any atom is 0.261 e. The van der Waals surface area contributed by atoms with Crippen molar-refractivity contribution in [3.63, 3.8) is 0 Å². The zero-order valence-electron chi connectivity index (χ0n) is 15.1. The van der Waals surface area contributed by atoms with E-state index in [9.17, 15) is 4.79 Å². The molecule has 1 aliphatic heterocycles. The van der Waals surface area contributed by atoms with Gasteiger partial charge in [-0.25, -0.2) is 0 Å². The van der Waals surface area contributed by atoms with E-state index >= 15 is 0 Å². The summed E-state index contributed by atoms with van der Waals surface area (Å²) >= 11 is 7.65. The Hall–Kier alpha value is -1.92. The molecule has 0 bridgehead atoms. The number of amides is 1. The van der Waals surface area contributed by atoms with Gasteiger partial charge in [0.15, 0.2) is 0 Å². The van der Waals surface area contributed by atoms with Crippen molar-refractivity contribution in [1.82, 2.24) is 10.2 Å². The van der Waals surface area contributed by atoms with E-state index in [4.69, 9.17) is 16.3 Å². The van der Waals surface area contributed by atoms with Crippen LogP contribution in [0, 0.1) is 0 Å². The van der Waals surface area contributed by atoms with E-state index in [1.807, 2.05) is 30.3 Å². The normalized spacial score (nSPS) is 17.9. The second kappa shape index (κ2) is 7.98. The molecule has 0 radical (unpaired) electrons. The highest BCUT2D eigenvalue weighted by Gasteiger charge is 2.29. The number of carbonyl (C=O) groups excluding carboxylic acids is 1. The lowest BCUT2D eigenvalue weighted by atomic mass is 10.0. The number of carbonyl (C=O) groups is 1. The molecular weight excluding hydrogens is 380 g/mol. The second-order valence-electron chi connectivity index (χ2n) is 6.64. The largest absolute Gasteiger partial charge is 0.371 e. The number of rotatable bonds is 4. The van der Waals surface area contributed by atoms with E-state index < -0.39 is 0 Å². The number of thiophene rings is 1. The van der Waals surface area contributed by atoms with Gasteiger partial charge in [0.25, 0.3) is 5.91 Å². The van der Waals surface area contributed by atoms with Crippen LogP contribution < -0.4 is 5.32 Å². The van der Waals surface area contributed by atoms with E-state index in [2.05, 4.69) is 28.4 Å². The summed E-state index contributed by atoms with van der Waals surface area (Å²) in [7, 11) is 1.67. The molecule has 1 N–H and O–H groups in total. The molecule has 1 saturated heterocycles. The number of nitrogens with zero attached hydrogens (tertiary/aromatic N) is 1. The molecular formula is C21H21ClN2O2S. The third-order valence-electron chi connectivity index (χ3n) is 4.83. The fraction of sp³-hybridized carbons (Fsp3) is 0.286. The Morgan fingerprint density at radius 2 is 2.15 bits per heavy atom. The van der Waals surface area contributed by atoms with E-state index in [1.165, 1.54) is 16.9 Å². The number of nitrogens with one attached hydrogen (secondary N) is 1. The summed E-state index contributed by atoms with van der Waals surface area (Å²) in [4.78, 5) is 15.6. The first-order chi connectivity index (χ1) is 13.2. The molecule has 1 amide bonds. The molecule has 1 aromatic heterocycles. The number of hydrogen-bond acceptors (Lipinski definition) is 4. The van der Waals surface area contributed by atoms with Gasteiger partial charge in [0.2, 0.25) is 0 Å². The highest BCUT2D eigenvalue weighted by Crippen LogP contribution is 2.38. The van der Waals surface area contributed by atoms with Gasteiger partial charge in [0, 0.05) is 42.0 Å². The third kappa shape index (κ3) is 3.87. The Bertz CT molecular complexity index is 972. The smallest absolute Gasteiger partial charge is 0.261 e. The Morgan fingerprint density at radius 3 is 2.96 bits per heavy atom. The van der Waals surface area contributed by atoms with Crippen molar-refractivity contribution in [3.8, 4) is 0 Å². The molecule has 0 spiro atoms. The maximum absolute atomic E-state index is 12.5. The van der Waals surface area contributed by atoms with E-state index in [-0.39, 0.29) is 12.0 Å². The van der Waals surface area contributed by atoms with Gasteiger partial charge in [-0.2, -0.15) is 0 Å². The fourth-order valence-electron chi connectivity index (χ4n) is 3.58. The molecule has 4 nitrogen and oxygen atoms in total. The number of ether oxygens (including phenoxy) is 1. The summed E-state index contributed by atoms with van der Waals surface area (Å²) < 4.78 is 7.23. The standard InChI is InChI=1S/C21H21ClN2O2S/c1-23-21(25)20-19(16-7-2-3-8-18(16)27-20)17-13-24(9-10-26-17)12-14-5-4-6-15(22)11-14/h2-8,11,17H,9-10,12-13H2,1H3,(H,23,25). The zero-order chi connectivity index (χ0) is 18.8. The highest BCUT2D eigenvalue weighted by molar-refractivity contribution is 7.21. The summed E-state index contributed by atoms with van der Waals surface area (Å²) in [5, 5.41) is 4.63. The molecule has 6 heteroatoms. The monoisotopic (exact) mass is 400 g/mol. The molecule has 0 aliphatic carbocycles. The Balaban J connectivity index is 1.64. The zero-order valence-corrected chi connectivity index (χ0v) is 16.6. The third-order valence-corrected chi connectivity index (χ3v) is 6.26. The average molecular weight is 401 g/mol. The van der Waals surface area contributed by atoms with Crippen molar-refractivity contribution in [2.24, 2.45) is 0 Å².